The molecule has 0 aromatic carbocycles. The Labute approximate surface area is 67.8 Å². The monoisotopic (exact) mass is 161 g/mol. The second-order valence-electron chi connectivity index (χ2n) is 2.54. The minimum absolute atomic E-state index is 0.262. The van der Waals surface area contributed by atoms with Crippen molar-refractivity contribution >= 4 is 17.3 Å². The molecule has 3 nitrogen and oxygen atoms in total. The Kier molecular flexibility index (Phi) is 3.60. The Morgan fingerprint density at radius 3 is 1.90 bits per heavy atom. The average molecular weight is 161 g/mol. The molecule has 0 saturated carbocycles. The summed E-state index contributed by atoms with van der Waals surface area (Å²) in [6, 6.07) is 0. The minimum atomic E-state index is 0.262. The molecule has 0 aliphatic heterocycles. The van der Waals surface area contributed by atoms with E-state index < -0.39 is 0 Å². The average Bonchev–Trinajstić information content (AvgIpc) is 1.84. The molecule has 0 aliphatic carbocycles. The van der Waals surface area contributed by atoms with Crippen molar-refractivity contribution in [3.63, 3.8) is 0 Å². The summed E-state index contributed by atoms with van der Waals surface area (Å²) in [5, 5.41) is 0.432. The van der Waals surface area contributed by atoms with E-state index in [1.165, 1.54) is 0 Å². The lowest BCUT2D eigenvalue weighted by molar-refractivity contribution is 0.186. The second kappa shape index (κ2) is 3.73. The summed E-state index contributed by atoms with van der Waals surface area (Å²) in [5.74, 6) is 0. The Morgan fingerprint density at radius 2 is 1.80 bits per heavy atom. The molecule has 1 unspecified atom stereocenters. The van der Waals surface area contributed by atoms with Gasteiger partial charge in [-0.25, -0.2) is 0 Å². The smallest absolute Gasteiger partial charge is 0.167 e. The van der Waals surface area contributed by atoms with E-state index >= 15 is 0 Å². The predicted molar refractivity (Wildman–Crippen MR) is 47.7 cm³/mol. The van der Waals surface area contributed by atoms with Crippen molar-refractivity contribution in [3.8, 4) is 0 Å². The van der Waals surface area contributed by atoms with Gasteiger partial charge in [0.2, 0.25) is 0 Å². The van der Waals surface area contributed by atoms with Crippen molar-refractivity contribution in [1.82, 2.24) is 9.80 Å². The summed E-state index contributed by atoms with van der Waals surface area (Å²) in [6.45, 7) is 2.04. The van der Waals surface area contributed by atoms with Crippen LogP contribution < -0.4 is 5.73 Å². The van der Waals surface area contributed by atoms with Crippen LogP contribution in [0.25, 0.3) is 0 Å². The molecule has 10 heavy (non-hydrogen) atoms. The van der Waals surface area contributed by atoms with Crippen LogP contribution in [-0.4, -0.2) is 42.2 Å². The first kappa shape index (κ1) is 9.65. The summed E-state index contributed by atoms with van der Waals surface area (Å²) in [7, 11) is 5.85. The predicted octanol–water partition coefficient (Wildman–Crippen LogP) is 0.0694. The molecule has 60 valence electrons. The van der Waals surface area contributed by atoms with E-state index in [9.17, 15) is 0 Å². The molecule has 0 bridgehead atoms. The Bertz CT molecular complexity index is 124. The van der Waals surface area contributed by atoms with Crippen LogP contribution in [0.15, 0.2) is 0 Å². The van der Waals surface area contributed by atoms with Gasteiger partial charge in [-0.05, 0) is 33.2 Å². The van der Waals surface area contributed by atoms with Crippen molar-refractivity contribution in [3.05, 3.63) is 0 Å². The zero-order valence-corrected chi connectivity index (χ0v) is 7.77. The largest absolute Gasteiger partial charge is 0.376 e. The van der Waals surface area contributed by atoms with Gasteiger partial charge in [-0.2, -0.15) is 0 Å². The number of rotatable bonds is 2. The van der Waals surface area contributed by atoms with Crippen molar-refractivity contribution in [2.45, 2.75) is 13.1 Å². The molecule has 0 fully saturated rings. The van der Waals surface area contributed by atoms with Crippen LogP contribution in [0.2, 0.25) is 0 Å². The van der Waals surface area contributed by atoms with E-state index in [4.69, 9.17) is 18.0 Å². The van der Waals surface area contributed by atoms with Gasteiger partial charge >= 0.3 is 0 Å². The fourth-order valence-corrected chi connectivity index (χ4v) is 0.683. The SMILES string of the molecule is CC(N(C)C)N(C)C(N)=S. The minimum Gasteiger partial charge on any atom is -0.376 e. The first-order chi connectivity index (χ1) is 4.46. The van der Waals surface area contributed by atoms with Gasteiger partial charge in [0.05, 0.1) is 6.17 Å². The molecular formula is C6H15N3S. The summed E-state index contributed by atoms with van der Waals surface area (Å²) in [5.41, 5.74) is 5.41. The maximum atomic E-state index is 5.41. The summed E-state index contributed by atoms with van der Waals surface area (Å²) < 4.78 is 0. The van der Waals surface area contributed by atoms with Gasteiger partial charge in [0.1, 0.15) is 0 Å². The zero-order chi connectivity index (χ0) is 8.31. The van der Waals surface area contributed by atoms with E-state index in [2.05, 4.69) is 0 Å². The van der Waals surface area contributed by atoms with E-state index in [0.717, 1.165) is 0 Å². The third-order valence-electron chi connectivity index (χ3n) is 1.66. The standard InChI is InChI=1S/C6H15N3S/c1-5(8(2)3)9(4)6(7)10/h5H,1-4H3,(H2,7,10). The molecule has 0 rings (SSSR count). The maximum absolute atomic E-state index is 5.41. The molecule has 0 radical (unpaired) electrons. The van der Waals surface area contributed by atoms with E-state index in [0.29, 0.717) is 5.11 Å². The molecule has 4 heteroatoms. The second-order valence-corrected chi connectivity index (χ2v) is 2.96. The van der Waals surface area contributed by atoms with Crippen LogP contribution in [-0.2, 0) is 0 Å². The number of nitrogens with two attached hydrogens (primary N) is 1. The normalized spacial score (nSPS) is 13.3. The third-order valence-corrected chi connectivity index (χ3v) is 1.94. The number of hydrogen-bond donors (Lipinski definition) is 1. The number of hydrogen-bond acceptors (Lipinski definition) is 2. The highest BCUT2D eigenvalue weighted by Gasteiger charge is 2.10. The third kappa shape index (κ3) is 2.49. The van der Waals surface area contributed by atoms with Crippen LogP contribution in [0.5, 0.6) is 0 Å². The van der Waals surface area contributed by atoms with Crippen molar-refractivity contribution < 1.29 is 0 Å². The van der Waals surface area contributed by atoms with Crippen LogP contribution in [0.3, 0.4) is 0 Å². The lowest BCUT2D eigenvalue weighted by Gasteiger charge is -2.30. The van der Waals surface area contributed by atoms with Gasteiger partial charge in [0.25, 0.3) is 0 Å². The Balaban J connectivity index is 3.94. The van der Waals surface area contributed by atoms with E-state index in [1.807, 2.05) is 37.9 Å². The highest BCUT2D eigenvalue weighted by molar-refractivity contribution is 7.80. The van der Waals surface area contributed by atoms with E-state index in [-0.39, 0.29) is 6.17 Å². The van der Waals surface area contributed by atoms with Crippen LogP contribution >= 0.6 is 12.2 Å². The lowest BCUT2D eigenvalue weighted by Crippen LogP contribution is -2.46. The van der Waals surface area contributed by atoms with Crippen molar-refractivity contribution in [1.29, 1.82) is 0 Å². The van der Waals surface area contributed by atoms with Gasteiger partial charge in [0, 0.05) is 7.05 Å². The maximum Gasteiger partial charge on any atom is 0.167 e. The summed E-state index contributed by atoms with van der Waals surface area (Å²) in [4.78, 5) is 3.88. The fourth-order valence-electron chi connectivity index (χ4n) is 0.531. The molecule has 0 aromatic rings. The van der Waals surface area contributed by atoms with Crippen molar-refractivity contribution in [2.75, 3.05) is 21.1 Å². The first-order valence-corrected chi connectivity index (χ1v) is 3.56. The molecule has 0 amide bonds. The quantitative estimate of drug-likeness (QED) is 0.459. The molecule has 0 aromatic heterocycles. The van der Waals surface area contributed by atoms with Gasteiger partial charge in [0.15, 0.2) is 5.11 Å². The fraction of sp³-hybridized carbons (Fsp3) is 0.833. The van der Waals surface area contributed by atoms with Gasteiger partial charge in [-0.3, -0.25) is 4.90 Å². The molecule has 2 N–H and O–H groups in total. The highest BCUT2D eigenvalue weighted by atomic mass is 32.1. The topological polar surface area (TPSA) is 32.5 Å². The van der Waals surface area contributed by atoms with Gasteiger partial charge in [-0.15, -0.1) is 0 Å². The first-order valence-electron chi connectivity index (χ1n) is 3.15. The molecule has 1 atom stereocenters. The van der Waals surface area contributed by atoms with Crippen molar-refractivity contribution in [2.24, 2.45) is 5.73 Å². The molecule has 0 spiro atoms. The molecule has 0 aliphatic rings. The molecular weight excluding hydrogens is 146 g/mol. The number of thiocarbonyl (C=S) groups is 1. The Morgan fingerprint density at radius 1 is 1.40 bits per heavy atom. The summed E-state index contributed by atoms with van der Waals surface area (Å²) in [6.07, 6.45) is 0.262. The lowest BCUT2D eigenvalue weighted by atomic mass is 10.5. The van der Waals surface area contributed by atoms with E-state index in [1.54, 1.807) is 0 Å². The summed E-state index contributed by atoms with van der Waals surface area (Å²) >= 11 is 4.79. The Hall–Kier alpha value is -0.350. The van der Waals surface area contributed by atoms with Gasteiger partial charge in [-0.1, -0.05) is 0 Å². The van der Waals surface area contributed by atoms with Crippen LogP contribution in [0.1, 0.15) is 6.92 Å². The van der Waals surface area contributed by atoms with Crippen LogP contribution in [0, 0.1) is 0 Å². The number of nitrogens with zero attached hydrogens (tertiary/aromatic N) is 2. The zero-order valence-electron chi connectivity index (χ0n) is 6.96. The molecule has 0 heterocycles. The molecule has 0 saturated heterocycles. The highest BCUT2D eigenvalue weighted by Crippen LogP contribution is 1.96. The van der Waals surface area contributed by atoms with Crippen LogP contribution in [0.4, 0.5) is 0 Å². The van der Waals surface area contributed by atoms with Gasteiger partial charge < -0.3 is 10.6 Å².